The first kappa shape index (κ1) is 16.1. The van der Waals surface area contributed by atoms with Crippen molar-refractivity contribution >= 4 is 50.7 Å². The van der Waals surface area contributed by atoms with Crippen molar-refractivity contribution in [2.24, 2.45) is 0 Å². The Morgan fingerprint density at radius 3 is 2.25 bits per heavy atom. The summed E-state index contributed by atoms with van der Waals surface area (Å²) in [5, 5.41) is 5.05. The largest absolute Gasteiger partial charge is 0.306 e. The molecule has 0 amide bonds. The Bertz CT molecular complexity index is 599. The summed E-state index contributed by atoms with van der Waals surface area (Å²) in [6.07, 6.45) is 0. The molecular formula is C15H13BrCl3N. The number of hydrogen-bond acceptors (Lipinski definition) is 1. The molecule has 0 aliphatic carbocycles. The molecule has 5 heteroatoms. The average Bonchev–Trinajstić information content (AvgIpc) is 2.43. The molecule has 1 N–H and O–H groups in total. The summed E-state index contributed by atoms with van der Waals surface area (Å²) in [5.41, 5.74) is 2.02. The number of benzene rings is 2. The van der Waals surface area contributed by atoms with Gasteiger partial charge in [0.05, 0.1) is 10.0 Å². The first-order valence-corrected chi connectivity index (χ1v) is 8.03. The second-order valence-corrected chi connectivity index (χ2v) is 6.58. The van der Waals surface area contributed by atoms with E-state index in [1.165, 1.54) is 5.56 Å². The summed E-state index contributed by atoms with van der Waals surface area (Å²) >= 11 is 21.8. The van der Waals surface area contributed by atoms with Crippen LogP contribution in [0.3, 0.4) is 0 Å². The molecule has 0 aliphatic rings. The van der Waals surface area contributed by atoms with Crippen LogP contribution >= 0.6 is 50.7 Å². The predicted octanol–water partition coefficient (Wildman–Crippen LogP) is 6.26. The number of halogens is 4. The Morgan fingerprint density at radius 1 is 1.00 bits per heavy atom. The Hall–Kier alpha value is -0.250. The van der Waals surface area contributed by atoms with Gasteiger partial charge in [-0.3, -0.25) is 0 Å². The molecule has 0 saturated carbocycles. The molecule has 0 bridgehead atoms. The van der Waals surface area contributed by atoms with Gasteiger partial charge in [-0.25, -0.2) is 0 Å². The van der Waals surface area contributed by atoms with Gasteiger partial charge in [0.25, 0.3) is 0 Å². The van der Waals surface area contributed by atoms with Crippen LogP contribution in [0.1, 0.15) is 24.1 Å². The SMILES string of the molecule is C[C@@H](NCc1c(Cl)ccc(Cl)c1Cl)c1ccc(Br)cc1. The fourth-order valence-electron chi connectivity index (χ4n) is 1.86. The quantitative estimate of drug-likeness (QED) is 0.605. The van der Waals surface area contributed by atoms with Gasteiger partial charge in [-0.15, -0.1) is 0 Å². The normalized spacial score (nSPS) is 12.4. The van der Waals surface area contributed by atoms with Gasteiger partial charge >= 0.3 is 0 Å². The maximum atomic E-state index is 6.19. The lowest BCUT2D eigenvalue weighted by molar-refractivity contribution is 0.575. The number of hydrogen-bond donors (Lipinski definition) is 1. The molecule has 0 heterocycles. The molecule has 0 spiro atoms. The van der Waals surface area contributed by atoms with Crippen molar-refractivity contribution < 1.29 is 0 Å². The lowest BCUT2D eigenvalue weighted by Crippen LogP contribution is -2.18. The van der Waals surface area contributed by atoms with Crippen molar-refractivity contribution in [1.29, 1.82) is 0 Å². The molecule has 0 aliphatic heterocycles. The molecule has 106 valence electrons. The highest BCUT2D eigenvalue weighted by Gasteiger charge is 2.11. The minimum atomic E-state index is 0.189. The topological polar surface area (TPSA) is 12.0 Å². The summed E-state index contributed by atoms with van der Waals surface area (Å²) in [4.78, 5) is 0. The fraction of sp³-hybridized carbons (Fsp3) is 0.200. The molecule has 2 aromatic rings. The van der Waals surface area contributed by atoms with E-state index >= 15 is 0 Å². The highest BCUT2D eigenvalue weighted by Crippen LogP contribution is 2.31. The summed E-state index contributed by atoms with van der Waals surface area (Å²) in [7, 11) is 0. The fourth-order valence-corrected chi connectivity index (χ4v) is 2.80. The zero-order valence-electron chi connectivity index (χ0n) is 10.8. The summed E-state index contributed by atoms with van der Waals surface area (Å²) in [6, 6.07) is 11.8. The van der Waals surface area contributed by atoms with Crippen LogP contribution in [-0.4, -0.2) is 0 Å². The Labute approximate surface area is 142 Å². The van der Waals surface area contributed by atoms with E-state index in [1.54, 1.807) is 12.1 Å². The number of rotatable bonds is 4. The minimum absolute atomic E-state index is 0.189. The Balaban J connectivity index is 2.09. The standard InChI is InChI=1S/C15H13BrCl3N/c1-9(10-2-4-11(16)5-3-10)20-8-12-13(17)6-7-14(18)15(12)19/h2-7,9,20H,8H2,1H3/t9-/m1/s1. The van der Waals surface area contributed by atoms with Crippen LogP contribution in [0.4, 0.5) is 0 Å². The maximum absolute atomic E-state index is 6.19. The maximum Gasteiger partial charge on any atom is 0.0652 e. The third-order valence-corrected chi connectivity index (χ3v) is 4.82. The Morgan fingerprint density at radius 2 is 1.60 bits per heavy atom. The molecule has 2 aromatic carbocycles. The van der Waals surface area contributed by atoms with Crippen molar-refractivity contribution in [1.82, 2.24) is 5.32 Å². The monoisotopic (exact) mass is 391 g/mol. The van der Waals surface area contributed by atoms with Gasteiger partial charge in [0.2, 0.25) is 0 Å². The smallest absolute Gasteiger partial charge is 0.0652 e. The summed E-state index contributed by atoms with van der Waals surface area (Å²) in [6.45, 7) is 2.66. The van der Waals surface area contributed by atoms with E-state index in [4.69, 9.17) is 34.8 Å². The van der Waals surface area contributed by atoms with Gasteiger partial charge in [0, 0.05) is 27.6 Å². The second-order valence-electron chi connectivity index (χ2n) is 4.48. The highest BCUT2D eigenvalue weighted by molar-refractivity contribution is 9.10. The Kier molecular flexibility index (Phi) is 5.76. The van der Waals surface area contributed by atoms with Crippen LogP contribution in [0.2, 0.25) is 15.1 Å². The van der Waals surface area contributed by atoms with Gasteiger partial charge < -0.3 is 5.32 Å². The molecule has 20 heavy (non-hydrogen) atoms. The first-order valence-electron chi connectivity index (χ1n) is 6.10. The van der Waals surface area contributed by atoms with Crippen LogP contribution in [0.25, 0.3) is 0 Å². The molecule has 2 rings (SSSR count). The molecule has 1 nitrogen and oxygen atoms in total. The van der Waals surface area contributed by atoms with Crippen molar-refractivity contribution in [2.75, 3.05) is 0 Å². The highest BCUT2D eigenvalue weighted by atomic mass is 79.9. The van der Waals surface area contributed by atoms with E-state index in [0.29, 0.717) is 21.6 Å². The van der Waals surface area contributed by atoms with Crippen LogP contribution in [0.15, 0.2) is 40.9 Å². The minimum Gasteiger partial charge on any atom is -0.306 e. The van der Waals surface area contributed by atoms with Gasteiger partial charge in [-0.05, 0) is 36.8 Å². The molecule has 0 radical (unpaired) electrons. The zero-order chi connectivity index (χ0) is 14.7. The molecule has 1 atom stereocenters. The third kappa shape index (κ3) is 3.90. The molecule has 0 unspecified atom stereocenters. The lowest BCUT2D eigenvalue weighted by Gasteiger charge is -2.16. The van der Waals surface area contributed by atoms with Crippen molar-refractivity contribution in [3.63, 3.8) is 0 Å². The van der Waals surface area contributed by atoms with Crippen LogP contribution in [0.5, 0.6) is 0 Å². The second kappa shape index (κ2) is 7.15. The summed E-state index contributed by atoms with van der Waals surface area (Å²) < 4.78 is 1.06. The van der Waals surface area contributed by atoms with Crippen LogP contribution in [0, 0.1) is 0 Å². The van der Waals surface area contributed by atoms with Gasteiger partial charge in [0.1, 0.15) is 0 Å². The lowest BCUT2D eigenvalue weighted by atomic mass is 10.1. The predicted molar refractivity (Wildman–Crippen MR) is 90.9 cm³/mol. The molecule has 0 saturated heterocycles. The first-order chi connectivity index (χ1) is 9.49. The van der Waals surface area contributed by atoms with E-state index in [2.05, 4.69) is 40.3 Å². The summed E-state index contributed by atoms with van der Waals surface area (Å²) in [5.74, 6) is 0. The molecule has 0 aromatic heterocycles. The van der Waals surface area contributed by atoms with Gasteiger partial charge in [-0.2, -0.15) is 0 Å². The molecular weight excluding hydrogens is 380 g/mol. The third-order valence-electron chi connectivity index (χ3n) is 3.09. The van der Waals surface area contributed by atoms with E-state index in [1.807, 2.05) is 12.1 Å². The van der Waals surface area contributed by atoms with Crippen molar-refractivity contribution in [2.45, 2.75) is 19.5 Å². The van der Waals surface area contributed by atoms with E-state index in [9.17, 15) is 0 Å². The average molecular weight is 394 g/mol. The van der Waals surface area contributed by atoms with Crippen molar-refractivity contribution in [3.8, 4) is 0 Å². The van der Waals surface area contributed by atoms with E-state index in [0.717, 1.165) is 10.0 Å². The molecule has 0 fully saturated rings. The van der Waals surface area contributed by atoms with Crippen LogP contribution < -0.4 is 5.32 Å². The number of nitrogens with one attached hydrogen (secondary N) is 1. The van der Waals surface area contributed by atoms with Gasteiger partial charge in [-0.1, -0.05) is 62.9 Å². The van der Waals surface area contributed by atoms with E-state index < -0.39 is 0 Å². The zero-order valence-corrected chi connectivity index (χ0v) is 14.6. The van der Waals surface area contributed by atoms with E-state index in [-0.39, 0.29) is 6.04 Å². The van der Waals surface area contributed by atoms with Crippen LogP contribution in [-0.2, 0) is 6.54 Å². The van der Waals surface area contributed by atoms with Gasteiger partial charge in [0.15, 0.2) is 0 Å². The van der Waals surface area contributed by atoms with Crippen molar-refractivity contribution in [3.05, 3.63) is 67.1 Å².